The maximum absolute atomic E-state index is 13.4. The second kappa shape index (κ2) is 4.26. The van der Waals surface area contributed by atoms with Gasteiger partial charge in [0.05, 0.1) is 0 Å². The van der Waals surface area contributed by atoms with Gasteiger partial charge in [0.1, 0.15) is 5.76 Å². The number of fused-ring (bicyclic) bond motifs is 1. The van der Waals surface area contributed by atoms with Gasteiger partial charge in [-0.3, -0.25) is 0 Å². The number of para-hydroxylation sites is 1. The van der Waals surface area contributed by atoms with Crippen LogP contribution in [-0.2, 0) is 0 Å². The summed E-state index contributed by atoms with van der Waals surface area (Å²) in [6.07, 6.45) is 0. The quantitative estimate of drug-likeness (QED) is 0.863. The van der Waals surface area contributed by atoms with E-state index < -0.39 is 0 Å². The smallest absolute Gasteiger partial charge is 0.169 e. The second-order valence-corrected chi connectivity index (χ2v) is 4.31. The average molecular weight is 221 g/mol. The molecule has 2 N–H and O–H groups in total. The third kappa shape index (κ3) is 1.83. The van der Waals surface area contributed by atoms with Gasteiger partial charge in [-0.05, 0) is 24.6 Å². The molecule has 3 heteroatoms. The van der Waals surface area contributed by atoms with E-state index in [1.165, 1.54) is 6.07 Å². The molecule has 2 atom stereocenters. The van der Waals surface area contributed by atoms with Crippen molar-refractivity contribution < 1.29 is 8.81 Å². The summed E-state index contributed by atoms with van der Waals surface area (Å²) in [5.74, 6) is 1.02. The lowest BCUT2D eigenvalue weighted by molar-refractivity contribution is 0.410. The van der Waals surface area contributed by atoms with E-state index in [4.69, 9.17) is 10.2 Å². The molecule has 1 aromatic carbocycles. The summed E-state index contributed by atoms with van der Waals surface area (Å²) in [7, 11) is 0. The Morgan fingerprint density at radius 3 is 2.75 bits per heavy atom. The standard InChI is InChI=1S/C13H16FNO/c1-8(7-15)9(2)12-6-10-4-3-5-11(14)13(10)16-12/h3-6,8-9H,7,15H2,1-2H3. The van der Waals surface area contributed by atoms with Crippen molar-refractivity contribution in [3.8, 4) is 0 Å². The molecule has 0 amide bonds. The van der Waals surface area contributed by atoms with Crippen molar-refractivity contribution in [1.82, 2.24) is 0 Å². The fourth-order valence-corrected chi connectivity index (χ4v) is 1.76. The van der Waals surface area contributed by atoms with Crippen LogP contribution in [0.3, 0.4) is 0 Å². The van der Waals surface area contributed by atoms with Gasteiger partial charge in [-0.25, -0.2) is 4.39 Å². The van der Waals surface area contributed by atoms with E-state index in [0.29, 0.717) is 18.0 Å². The number of benzene rings is 1. The number of halogens is 1. The molecule has 2 unspecified atom stereocenters. The van der Waals surface area contributed by atoms with E-state index in [9.17, 15) is 4.39 Å². The normalized spacial score (nSPS) is 15.2. The lowest BCUT2D eigenvalue weighted by Crippen LogP contribution is -2.16. The van der Waals surface area contributed by atoms with E-state index in [2.05, 4.69) is 6.92 Å². The van der Waals surface area contributed by atoms with E-state index >= 15 is 0 Å². The van der Waals surface area contributed by atoms with Gasteiger partial charge < -0.3 is 10.2 Å². The fraction of sp³-hybridized carbons (Fsp3) is 0.385. The molecular weight excluding hydrogens is 205 g/mol. The van der Waals surface area contributed by atoms with Crippen LogP contribution in [0.25, 0.3) is 11.0 Å². The van der Waals surface area contributed by atoms with Crippen LogP contribution in [-0.4, -0.2) is 6.54 Å². The van der Waals surface area contributed by atoms with Crippen LogP contribution < -0.4 is 5.73 Å². The second-order valence-electron chi connectivity index (χ2n) is 4.31. The van der Waals surface area contributed by atoms with Gasteiger partial charge in [-0.2, -0.15) is 0 Å². The van der Waals surface area contributed by atoms with Gasteiger partial charge in [0, 0.05) is 11.3 Å². The van der Waals surface area contributed by atoms with Crippen molar-refractivity contribution in [2.45, 2.75) is 19.8 Å². The van der Waals surface area contributed by atoms with Crippen molar-refractivity contribution in [1.29, 1.82) is 0 Å². The third-order valence-corrected chi connectivity index (χ3v) is 3.19. The van der Waals surface area contributed by atoms with Crippen LogP contribution in [0.1, 0.15) is 25.5 Å². The van der Waals surface area contributed by atoms with Gasteiger partial charge in [0.15, 0.2) is 11.4 Å². The molecule has 86 valence electrons. The van der Waals surface area contributed by atoms with E-state index in [0.717, 1.165) is 11.1 Å². The molecule has 0 saturated heterocycles. The van der Waals surface area contributed by atoms with Crippen molar-refractivity contribution in [3.05, 3.63) is 35.8 Å². The molecule has 2 nitrogen and oxygen atoms in total. The lowest BCUT2D eigenvalue weighted by Gasteiger charge is -2.14. The Bertz CT molecular complexity index is 492. The van der Waals surface area contributed by atoms with Crippen LogP contribution in [0.5, 0.6) is 0 Å². The Morgan fingerprint density at radius 2 is 2.12 bits per heavy atom. The first-order chi connectivity index (χ1) is 7.63. The summed E-state index contributed by atoms with van der Waals surface area (Å²) in [6.45, 7) is 4.71. The largest absolute Gasteiger partial charge is 0.458 e. The molecule has 16 heavy (non-hydrogen) atoms. The van der Waals surface area contributed by atoms with Crippen LogP contribution >= 0.6 is 0 Å². The Hall–Kier alpha value is -1.35. The molecule has 0 aliphatic heterocycles. The third-order valence-electron chi connectivity index (χ3n) is 3.19. The summed E-state index contributed by atoms with van der Waals surface area (Å²) >= 11 is 0. The molecule has 0 aliphatic rings. The van der Waals surface area contributed by atoms with E-state index in [-0.39, 0.29) is 11.7 Å². The zero-order valence-corrected chi connectivity index (χ0v) is 9.53. The first kappa shape index (κ1) is 11.1. The number of rotatable bonds is 3. The molecule has 0 bridgehead atoms. The first-order valence-electron chi connectivity index (χ1n) is 5.51. The molecule has 2 rings (SSSR count). The van der Waals surface area contributed by atoms with Gasteiger partial charge in [0.25, 0.3) is 0 Å². The molecule has 0 aliphatic carbocycles. The first-order valence-corrected chi connectivity index (χ1v) is 5.51. The van der Waals surface area contributed by atoms with E-state index in [1.807, 2.05) is 19.1 Å². The minimum absolute atomic E-state index is 0.205. The van der Waals surface area contributed by atoms with Crippen LogP contribution in [0.2, 0.25) is 0 Å². The van der Waals surface area contributed by atoms with Crippen molar-refractivity contribution in [2.75, 3.05) is 6.54 Å². The monoisotopic (exact) mass is 221 g/mol. The molecule has 2 aromatic rings. The van der Waals surface area contributed by atoms with Crippen molar-refractivity contribution >= 4 is 11.0 Å². The minimum Gasteiger partial charge on any atom is -0.458 e. The molecule has 0 radical (unpaired) electrons. The summed E-state index contributed by atoms with van der Waals surface area (Å²) in [5, 5.41) is 0.811. The minimum atomic E-state index is -0.309. The molecule has 1 heterocycles. The average Bonchev–Trinajstić information content (AvgIpc) is 2.72. The molecular formula is C13H16FNO. The highest BCUT2D eigenvalue weighted by Gasteiger charge is 2.18. The Morgan fingerprint density at radius 1 is 1.38 bits per heavy atom. The topological polar surface area (TPSA) is 39.2 Å². The van der Waals surface area contributed by atoms with Crippen molar-refractivity contribution in [2.24, 2.45) is 11.7 Å². The fourth-order valence-electron chi connectivity index (χ4n) is 1.76. The summed E-state index contributed by atoms with van der Waals surface area (Å²) in [6, 6.07) is 6.85. The Labute approximate surface area is 94.2 Å². The predicted octanol–water partition coefficient (Wildman–Crippen LogP) is 3.27. The highest BCUT2D eigenvalue weighted by atomic mass is 19.1. The maximum atomic E-state index is 13.4. The van der Waals surface area contributed by atoms with Gasteiger partial charge in [0.2, 0.25) is 0 Å². The predicted molar refractivity (Wildman–Crippen MR) is 62.8 cm³/mol. The van der Waals surface area contributed by atoms with E-state index in [1.54, 1.807) is 6.07 Å². The van der Waals surface area contributed by atoms with Crippen molar-refractivity contribution in [3.63, 3.8) is 0 Å². The SMILES string of the molecule is CC(CN)C(C)c1cc2cccc(F)c2o1. The summed E-state index contributed by atoms with van der Waals surface area (Å²) in [4.78, 5) is 0. The number of hydrogen-bond acceptors (Lipinski definition) is 2. The van der Waals surface area contributed by atoms with Crippen LogP contribution in [0, 0.1) is 11.7 Å². The zero-order valence-electron chi connectivity index (χ0n) is 9.53. The Kier molecular flexibility index (Phi) is 2.97. The molecule has 1 aromatic heterocycles. The number of furan rings is 1. The summed E-state index contributed by atoms with van der Waals surface area (Å²) < 4.78 is 19.0. The van der Waals surface area contributed by atoms with Crippen LogP contribution in [0.15, 0.2) is 28.7 Å². The van der Waals surface area contributed by atoms with Crippen LogP contribution in [0.4, 0.5) is 4.39 Å². The maximum Gasteiger partial charge on any atom is 0.169 e. The number of nitrogens with two attached hydrogens (primary N) is 1. The zero-order chi connectivity index (χ0) is 11.7. The van der Waals surface area contributed by atoms with Gasteiger partial charge in [-0.1, -0.05) is 26.0 Å². The Balaban J connectivity index is 2.43. The highest BCUT2D eigenvalue weighted by Crippen LogP contribution is 2.30. The number of hydrogen-bond donors (Lipinski definition) is 1. The molecule has 0 saturated carbocycles. The molecule has 0 fully saturated rings. The van der Waals surface area contributed by atoms with Gasteiger partial charge >= 0.3 is 0 Å². The van der Waals surface area contributed by atoms with Gasteiger partial charge in [-0.15, -0.1) is 0 Å². The highest BCUT2D eigenvalue weighted by molar-refractivity contribution is 5.78. The lowest BCUT2D eigenvalue weighted by atomic mass is 9.94. The summed E-state index contributed by atoms with van der Waals surface area (Å²) in [5.41, 5.74) is 5.96. The molecule has 0 spiro atoms.